The van der Waals surface area contributed by atoms with Crippen molar-refractivity contribution in [2.75, 3.05) is 19.1 Å². The molecule has 0 fully saturated rings. The van der Waals surface area contributed by atoms with Gasteiger partial charge in [-0.2, -0.15) is 0 Å². The minimum Gasteiger partial charge on any atom is -0.497 e. The smallest absolute Gasteiger partial charge is 0.263 e. The molecule has 0 unspecified atom stereocenters. The van der Waals surface area contributed by atoms with Gasteiger partial charge in [0.05, 0.1) is 35.0 Å². The number of nitrogens with one attached hydrogen (secondary N) is 1. The van der Waals surface area contributed by atoms with Crippen LogP contribution in [-0.4, -0.2) is 30.5 Å². The number of hydrogen-bond donors (Lipinski definition) is 1. The van der Waals surface area contributed by atoms with Crippen LogP contribution in [0.25, 0.3) is 0 Å². The van der Waals surface area contributed by atoms with Crippen molar-refractivity contribution >= 4 is 40.7 Å². The molecule has 23 heavy (non-hydrogen) atoms. The van der Waals surface area contributed by atoms with Crippen LogP contribution < -0.4 is 10.1 Å². The zero-order valence-electron chi connectivity index (χ0n) is 12.1. The van der Waals surface area contributed by atoms with Crippen molar-refractivity contribution in [2.24, 2.45) is 0 Å². The van der Waals surface area contributed by atoms with Gasteiger partial charge in [0.25, 0.3) is 11.8 Å². The van der Waals surface area contributed by atoms with Crippen LogP contribution in [-0.2, 0) is 0 Å². The summed E-state index contributed by atoms with van der Waals surface area (Å²) in [5.74, 6) is -0.0743. The first-order valence-corrected chi connectivity index (χ1v) is 7.50. The normalized spacial score (nSPS) is 13.3. The molecule has 1 N–H and O–H groups in total. The topological polar surface area (TPSA) is 58.6 Å². The van der Waals surface area contributed by atoms with E-state index in [0.29, 0.717) is 0 Å². The van der Waals surface area contributed by atoms with Gasteiger partial charge in [0.1, 0.15) is 5.75 Å². The maximum atomic E-state index is 12.3. The molecule has 0 saturated carbocycles. The van der Waals surface area contributed by atoms with Gasteiger partial charge in [0.2, 0.25) is 0 Å². The Balaban J connectivity index is 1.76. The quantitative estimate of drug-likeness (QED) is 0.854. The first-order chi connectivity index (χ1) is 11.0. The van der Waals surface area contributed by atoms with E-state index in [9.17, 15) is 9.59 Å². The zero-order valence-corrected chi connectivity index (χ0v) is 13.6. The van der Waals surface area contributed by atoms with Crippen molar-refractivity contribution in [1.82, 2.24) is 4.90 Å². The number of nitrogens with zero attached hydrogens (tertiary/aromatic N) is 1. The molecule has 5 nitrogen and oxygen atoms in total. The Bertz CT molecular complexity index is 750. The standard InChI is InChI=1S/C16H12Cl2N2O3/c1-23-10-4-2-9(3-5-10)19-8-20-15(21)11-6-13(17)14(18)7-12(11)16(20)22/h2-7,19H,8H2,1H3. The first kappa shape index (κ1) is 15.6. The van der Waals surface area contributed by atoms with Crippen LogP contribution in [0.2, 0.25) is 10.0 Å². The molecule has 3 rings (SSSR count). The molecule has 1 heterocycles. The van der Waals surface area contributed by atoms with E-state index in [1.807, 2.05) is 0 Å². The third kappa shape index (κ3) is 2.85. The lowest BCUT2D eigenvalue weighted by Crippen LogP contribution is -2.34. The highest BCUT2D eigenvalue weighted by atomic mass is 35.5. The molecule has 7 heteroatoms. The van der Waals surface area contributed by atoms with Crippen molar-refractivity contribution in [3.63, 3.8) is 0 Å². The van der Waals surface area contributed by atoms with Crippen LogP contribution in [0.15, 0.2) is 36.4 Å². The van der Waals surface area contributed by atoms with Crippen LogP contribution >= 0.6 is 23.2 Å². The summed E-state index contributed by atoms with van der Waals surface area (Å²) in [6.07, 6.45) is 0. The van der Waals surface area contributed by atoms with Crippen molar-refractivity contribution in [2.45, 2.75) is 0 Å². The number of fused-ring (bicyclic) bond motifs is 1. The van der Waals surface area contributed by atoms with Crippen LogP contribution in [0.3, 0.4) is 0 Å². The third-order valence-electron chi connectivity index (χ3n) is 3.54. The Morgan fingerprint density at radius 1 is 1.00 bits per heavy atom. The number of imide groups is 1. The fourth-order valence-electron chi connectivity index (χ4n) is 2.31. The van der Waals surface area contributed by atoms with Gasteiger partial charge in [0, 0.05) is 5.69 Å². The number of benzene rings is 2. The molecule has 0 aromatic heterocycles. The number of ether oxygens (including phenoxy) is 1. The summed E-state index contributed by atoms with van der Waals surface area (Å²) in [6, 6.07) is 10.0. The number of hydrogen-bond acceptors (Lipinski definition) is 4. The van der Waals surface area contributed by atoms with E-state index >= 15 is 0 Å². The van der Waals surface area contributed by atoms with Gasteiger partial charge in [-0.25, -0.2) is 0 Å². The second kappa shape index (κ2) is 6.10. The summed E-state index contributed by atoms with van der Waals surface area (Å²) in [5, 5.41) is 3.52. The summed E-state index contributed by atoms with van der Waals surface area (Å²) in [5.41, 5.74) is 1.29. The minimum atomic E-state index is -0.399. The minimum absolute atomic E-state index is 0.0495. The molecule has 1 aliphatic rings. The fourth-order valence-corrected chi connectivity index (χ4v) is 2.63. The molecule has 2 aromatic carbocycles. The number of methoxy groups -OCH3 is 1. The number of carbonyl (C=O) groups is 2. The summed E-state index contributed by atoms with van der Waals surface area (Å²) < 4.78 is 5.07. The highest BCUT2D eigenvalue weighted by molar-refractivity contribution is 6.43. The molecule has 0 radical (unpaired) electrons. The Hall–Kier alpha value is -2.24. The van der Waals surface area contributed by atoms with Gasteiger partial charge < -0.3 is 10.1 Å². The third-order valence-corrected chi connectivity index (χ3v) is 4.27. The molecule has 1 aliphatic heterocycles. The Morgan fingerprint density at radius 3 is 2.00 bits per heavy atom. The number of halogens is 2. The predicted molar refractivity (Wildman–Crippen MR) is 88.4 cm³/mol. The van der Waals surface area contributed by atoms with E-state index in [2.05, 4.69) is 5.32 Å². The maximum Gasteiger partial charge on any atom is 0.263 e. The Labute approximate surface area is 142 Å². The van der Waals surface area contributed by atoms with Crippen LogP contribution in [0.1, 0.15) is 20.7 Å². The van der Waals surface area contributed by atoms with Crippen molar-refractivity contribution < 1.29 is 14.3 Å². The van der Waals surface area contributed by atoms with Gasteiger partial charge >= 0.3 is 0 Å². The highest BCUT2D eigenvalue weighted by Gasteiger charge is 2.36. The highest BCUT2D eigenvalue weighted by Crippen LogP contribution is 2.31. The largest absolute Gasteiger partial charge is 0.497 e. The maximum absolute atomic E-state index is 12.3. The molecule has 2 aromatic rings. The summed E-state index contributed by atoms with van der Waals surface area (Å²) in [6.45, 7) is 0.0495. The zero-order chi connectivity index (χ0) is 16.6. The van der Waals surface area contributed by atoms with Crippen molar-refractivity contribution in [3.05, 3.63) is 57.6 Å². The lowest BCUT2D eigenvalue weighted by atomic mass is 10.1. The predicted octanol–water partition coefficient (Wildman–Crippen LogP) is 3.67. The van der Waals surface area contributed by atoms with Gasteiger partial charge in [0.15, 0.2) is 0 Å². The number of rotatable bonds is 4. The fraction of sp³-hybridized carbons (Fsp3) is 0.125. The van der Waals surface area contributed by atoms with Crippen LogP contribution in [0, 0.1) is 0 Å². The SMILES string of the molecule is COc1ccc(NCN2C(=O)c3cc(Cl)c(Cl)cc3C2=O)cc1. The average Bonchev–Trinajstić information content (AvgIpc) is 2.78. The molecule has 2 amide bonds. The molecule has 0 bridgehead atoms. The average molecular weight is 351 g/mol. The summed E-state index contributed by atoms with van der Waals surface area (Å²) in [4.78, 5) is 25.8. The lowest BCUT2D eigenvalue weighted by molar-refractivity contribution is 0.0666. The van der Waals surface area contributed by atoms with Crippen molar-refractivity contribution in [1.29, 1.82) is 0 Å². The number of carbonyl (C=O) groups excluding carboxylic acids is 2. The molecular weight excluding hydrogens is 339 g/mol. The number of anilines is 1. The Morgan fingerprint density at radius 2 is 1.52 bits per heavy atom. The van der Waals surface area contributed by atoms with E-state index in [0.717, 1.165) is 16.3 Å². The number of amides is 2. The second-order valence-electron chi connectivity index (χ2n) is 4.91. The van der Waals surface area contributed by atoms with Gasteiger partial charge in [-0.15, -0.1) is 0 Å². The summed E-state index contributed by atoms with van der Waals surface area (Å²) in [7, 11) is 1.58. The van der Waals surface area contributed by atoms with Crippen molar-refractivity contribution in [3.8, 4) is 5.75 Å². The second-order valence-corrected chi connectivity index (χ2v) is 5.73. The molecule has 118 valence electrons. The van der Waals surface area contributed by atoms with Crippen LogP contribution in [0.4, 0.5) is 5.69 Å². The van der Waals surface area contributed by atoms with E-state index in [1.54, 1.807) is 31.4 Å². The first-order valence-electron chi connectivity index (χ1n) is 6.74. The lowest BCUT2D eigenvalue weighted by Gasteiger charge is -2.15. The van der Waals surface area contributed by atoms with E-state index in [-0.39, 0.29) is 27.8 Å². The summed E-state index contributed by atoms with van der Waals surface area (Å²) >= 11 is 11.8. The molecular formula is C16H12Cl2N2O3. The van der Waals surface area contributed by atoms with Gasteiger partial charge in [-0.3, -0.25) is 14.5 Å². The molecule has 0 atom stereocenters. The van der Waals surface area contributed by atoms with E-state index < -0.39 is 11.8 Å². The van der Waals surface area contributed by atoms with E-state index in [4.69, 9.17) is 27.9 Å². The van der Waals surface area contributed by atoms with E-state index in [1.165, 1.54) is 12.1 Å². The van der Waals surface area contributed by atoms with Gasteiger partial charge in [-0.05, 0) is 36.4 Å². The molecule has 0 saturated heterocycles. The van der Waals surface area contributed by atoms with Crippen LogP contribution in [0.5, 0.6) is 5.75 Å². The molecule has 0 spiro atoms. The Kier molecular flexibility index (Phi) is 4.15. The molecule has 0 aliphatic carbocycles. The van der Waals surface area contributed by atoms with Gasteiger partial charge in [-0.1, -0.05) is 23.2 Å². The monoisotopic (exact) mass is 350 g/mol.